The predicted octanol–water partition coefficient (Wildman–Crippen LogP) is 4.76. The second kappa shape index (κ2) is 7.50. The molecule has 2 rings (SSSR count). The zero-order valence-electron chi connectivity index (χ0n) is 12.0. The Labute approximate surface area is 140 Å². The second-order valence-corrected chi connectivity index (χ2v) is 6.13. The fourth-order valence-corrected chi connectivity index (χ4v) is 3.11. The van der Waals surface area contributed by atoms with Crippen LogP contribution in [0.15, 0.2) is 24.4 Å². The van der Waals surface area contributed by atoms with Gasteiger partial charge in [-0.25, -0.2) is 0 Å². The molecule has 0 amide bonds. The Morgan fingerprint density at radius 2 is 2.00 bits per heavy atom. The second-order valence-electron chi connectivity index (χ2n) is 4.88. The molecule has 0 saturated heterocycles. The Kier molecular flexibility index (Phi) is 5.94. The number of halogens is 3. The minimum atomic E-state index is 0.0465. The summed E-state index contributed by atoms with van der Waals surface area (Å²) in [5.41, 5.74) is 2.02. The van der Waals surface area contributed by atoms with E-state index in [1.807, 2.05) is 23.9 Å². The van der Waals surface area contributed by atoms with Gasteiger partial charge in [0.2, 0.25) is 0 Å². The first-order valence-corrected chi connectivity index (χ1v) is 8.02. The summed E-state index contributed by atoms with van der Waals surface area (Å²) < 4.78 is 1.95. The highest BCUT2D eigenvalue weighted by atomic mass is 35.5. The summed E-state index contributed by atoms with van der Waals surface area (Å²) in [6.45, 7) is 2.96. The Morgan fingerprint density at radius 1 is 1.24 bits per heavy atom. The van der Waals surface area contributed by atoms with Crippen LogP contribution in [0.4, 0.5) is 0 Å². The molecule has 0 radical (unpaired) electrons. The Morgan fingerprint density at radius 3 is 2.62 bits per heavy atom. The molecular formula is C15H18Cl3N3. The molecule has 3 nitrogen and oxygen atoms in total. The highest BCUT2D eigenvalue weighted by Crippen LogP contribution is 2.29. The van der Waals surface area contributed by atoms with Crippen LogP contribution < -0.4 is 5.32 Å². The monoisotopic (exact) mass is 345 g/mol. The quantitative estimate of drug-likeness (QED) is 0.817. The van der Waals surface area contributed by atoms with E-state index < -0.39 is 0 Å². The minimum absolute atomic E-state index is 0.0465. The molecule has 1 aromatic heterocycles. The predicted molar refractivity (Wildman–Crippen MR) is 89.5 cm³/mol. The Bertz CT molecular complexity index is 610. The minimum Gasteiger partial charge on any atom is -0.311 e. The van der Waals surface area contributed by atoms with Crippen molar-refractivity contribution in [3.8, 4) is 0 Å². The molecule has 0 spiro atoms. The molecule has 1 heterocycles. The first-order chi connectivity index (χ1) is 10.1. The van der Waals surface area contributed by atoms with Crippen molar-refractivity contribution in [2.24, 2.45) is 0 Å². The maximum absolute atomic E-state index is 6.31. The SMILES string of the molecule is CCCn1ncc(Cl)c1C(Cc1ccc(Cl)cc1Cl)NC. The van der Waals surface area contributed by atoms with E-state index in [1.165, 1.54) is 0 Å². The van der Waals surface area contributed by atoms with Crippen molar-refractivity contribution < 1.29 is 0 Å². The van der Waals surface area contributed by atoms with E-state index in [2.05, 4.69) is 17.3 Å². The molecule has 0 bridgehead atoms. The van der Waals surface area contributed by atoms with Crippen LogP contribution >= 0.6 is 34.8 Å². The molecule has 0 aliphatic rings. The summed E-state index contributed by atoms with van der Waals surface area (Å²) in [5, 5.41) is 9.62. The maximum Gasteiger partial charge on any atom is 0.0834 e. The number of rotatable bonds is 6. The van der Waals surface area contributed by atoms with Crippen LogP contribution in [-0.2, 0) is 13.0 Å². The van der Waals surface area contributed by atoms with E-state index in [-0.39, 0.29) is 6.04 Å². The van der Waals surface area contributed by atoms with Gasteiger partial charge in [0, 0.05) is 16.6 Å². The van der Waals surface area contributed by atoms with Gasteiger partial charge in [-0.15, -0.1) is 0 Å². The third-order valence-electron chi connectivity index (χ3n) is 3.39. The van der Waals surface area contributed by atoms with E-state index in [4.69, 9.17) is 34.8 Å². The molecule has 2 aromatic rings. The molecule has 0 aliphatic carbocycles. The fourth-order valence-electron chi connectivity index (χ4n) is 2.35. The van der Waals surface area contributed by atoms with Crippen LogP contribution in [0.3, 0.4) is 0 Å². The Balaban J connectivity index is 2.29. The van der Waals surface area contributed by atoms with Crippen LogP contribution in [0.1, 0.15) is 30.6 Å². The lowest BCUT2D eigenvalue weighted by atomic mass is 10.0. The first-order valence-electron chi connectivity index (χ1n) is 6.89. The van der Waals surface area contributed by atoms with Crippen molar-refractivity contribution in [2.45, 2.75) is 32.4 Å². The van der Waals surface area contributed by atoms with Gasteiger partial charge in [-0.05, 0) is 37.6 Å². The molecule has 114 valence electrons. The van der Waals surface area contributed by atoms with Gasteiger partial charge in [-0.2, -0.15) is 5.10 Å². The topological polar surface area (TPSA) is 29.9 Å². The Hall–Kier alpha value is -0.740. The van der Waals surface area contributed by atoms with Gasteiger partial charge < -0.3 is 5.32 Å². The van der Waals surface area contributed by atoms with E-state index in [9.17, 15) is 0 Å². The standard InChI is InChI=1S/C15H18Cl3N3/c1-3-6-21-15(13(18)9-20-21)14(19-2)7-10-4-5-11(16)8-12(10)17/h4-5,8-9,14,19H,3,6-7H2,1-2H3. The fraction of sp³-hybridized carbons (Fsp3) is 0.400. The number of nitrogens with zero attached hydrogens (tertiary/aromatic N) is 2. The van der Waals surface area contributed by atoms with Crippen LogP contribution in [-0.4, -0.2) is 16.8 Å². The summed E-state index contributed by atoms with van der Waals surface area (Å²) in [7, 11) is 1.91. The summed E-state index contributed by atoms with van der Waals surface area (Å²) in [5.74, 6) is 0. The molecule has 0 fully saturated rings. The highest BCUT2D eigenvalue weighted by molar-refractivity contribution is 6.35. The van der Waals surface area contributed by atoms with Gasteiger partial charge in [-0.3, -0.25) is 4.68 Å². The number of nitrogens with one attached hydrogen (secondary N) is 1. The lowest BCUT2D eigenvalue weighted by Crippen LogP contribution is -2.23. The number of likely N-dealkylation sites (N-methyl/N-ethyl adjacent to an activating group) is 1. The zero-order chi connectivity index (χ0) is 15.4. The average Bonchev–Trinajstić information content (AvgIpc) is 2.80. The molecule has 1 N–H and O–H groups in total. The van der Waals surface area contributed by atoms with Crippen molar-refractivity contribution >= 4 is 34.8 Å². The molecule has 0 saturated carbocycles. The normalized spacial score (nSPS) is 12.6. The van der Waals surface area contributed by atoms with E-state index in [0.717, 1.165) is 30.6 Å². The van der Waals surface area contributed by atoms with Gasteiger partial charge in [0.1, 0.15) is 0 Å². The molecular weight excluding hydrogens is 329 g/mol. The maximum atomic E-state index is 6.31. The molecule has 6 heteroatoms. The lowest BCUT2D eigenvalue weighted by Gasteiger charge is -2.19. The van der Waals surface area contributed by atoms with E-state index >= 15 is 0 Å². The van der Waals surface area contributed by atoms with Crippen molar-refractivity contribution in [3.05, 3.63) is 50.7 Å². The summed E-state index contributed by atoms with van der Waals surface area (Å²) in [6.07, 6.45) is 3.42. The largest absolute Gasteiger partial charge is 0.311 e. The number of hydrogen-bond acceptors (Lipinski definition) is 2. The molecule has 21 heavy (non-hydrogen) atoms. The summed E-state index contributed by atoms with van der Waals surface area (Å²) >= 11 is 18.5. The number of aromatic nitrogens is 2. The first kappa shape index (κ1) is 16.6. The third-order valence-corrected chi connectivity index (χ3v) is 4.26. The van der Waals surface area contributed by atoms with Gasteiger partial charge in [-0.1, -0.05) is 47.8 Å². The highest BCUT2D eigenvalue weighted by Gasteiger charge is 2.20. The van der Waals surface area contributed by atoms with Crippen LogP contribution in [0, 0.1) is 0 Å². The van der Waals surface area contributed by atoms with E-state index in [1.54, 1.807) is 12.3 Å². The third kappa shape index (κ3) is 3.92. The van der Waals surface area contributed by atoms with Crippen LogP contribution in [0.25, 0.3) is 0 Å². The van der Waals surface area contributed by atoms with Crippen molar-refractivity contribution in [2.75, 3.05) is 7.05 Å². The smallest absolute Gasteiger partial charge is 0.0834 e. The molecule has 1 atom stereocenters. The summed E-state index contributed by atoms with van der Waals surface area (Å²) in [4.78, 5) is 0. The van der Waals surface area contributed by atoms with Crippen LogP contribution in [0.2, 0.25) is 15.1 Å². The molecule has 1 unspecified atom stereocenters. The van der Waals surface area contributed by atoms with Gasteiger partial charge in [0.25, 0.3) is 0 Å². The zero-order valence-corrected chi connectivity index (χ0v) is 14.3. The van der Waals surface area contributed by atoms with Crippen molar-refractivity contribution in [3.63, 3.8) is 0 Å². The number of benzene rings is 1. The van der Waals surface area contributed by atoms with Crippen molar-refractivity contribution in [1.82, 2.24) is 15.1 Å². The average molecular weight is 347 g/mol. The van der Waals surface area contributed by atoms with Gasteiger partial charge in [0.15, 0.2) is 0 Å². The molecule has 1 aromatic carbocycles. The number of hydrogen-bond donors (Lipinski definition) is 1. The van der Waals surface area contributed by atoms with Gasteiger partial charge in [0.05, 0.1) is 23.0 Å². The summed E-state index contributed by atoms with van der Waals surface area (Å²) in [6, 6.07) is 5.60. The van der Waals surface area contributed by atoms with Gasteiger partial charge >= 0.3 is 0 Å². The van der Waals surface area contributed by atoms with E-state index in [0.29, 0.717) is 15.1 Å². The van der Waals surface area contributed by atoms with Crippen molar-refractivity contribution in [1.29, 1.82) is 0 Å². The molecule has 0 aliphatic heterocycles. The lowest BCUT2D eigenvalue weighted by molar-refractivity contribution is 0.497. The van der Waals surface area contributed by atoms with Crippen LogP contribution in [0.5, 0.6) is 0 Å². The number of aryl methyl sites for hydroxylation is 1.